The van der Waals surface area contributed by atoms with E-state index in [1.165, 1.54) is 24.3 Å². The van der Waals surface area contributed by atoms with Gasteiger partial charge in [0.1, 0.15) is 11.6 Å². The fourth-order valence-corrected chi connectivity index (χ4v) is 2.95. The second kappa shape index (κ2) is 9.26. The van der Waals surface area contributed by atoms with E-state index in [2.05, 4.69) is 6.72 Å². The van der Waals surface area contributed by atoms with Crippen LogP contribution in [0.15, 0.2) is 72.8 Å². The number of hydrogen-bond acceptors (Lipinski definition) is 1. The van der Waals surface area contributed by atoms with Crippen molar-refractivity contribution in [3.8, 4) is 0 Å². The van der Waals surface area contributed by atoms with E-state index < -0.39 is 29.3 Å². The van der Waals surface area contributed by atoms with Gasteiger partial charge in [0, 0.05) is 5.92 Å². The zero-order valence-corrected chi connectivity index (χ0v) is 14.8. The fraction of sp³-hybridized carbons (Fsp3) is 0.136. The first kappa shape index (κ1) is 21.3. The molecular weight excluding hydrogens is 373 g/mol. The quantitative estimate of drug-likeness (QED) is 0.382. The predicted octanol–water partition coefficient (Wildman–Crippen LogP) is 6.62. The number of benzene rings is 3. The van der Waals surface area contributed by atoms with E-state index in [1.807, 2.05) is 30.3 Å². The molecule has 6 heteroatoms. The Kier molecular flexibility index (Phi) is 7.04. The number of alkyl halides is 3. The normalized spacial score (nSPS) is 12.0. The molecule has 0 aliphatic rings. The first-order valence-corrected chi connectivity index (χ1v) is 8.35. The molecule has 0 amide bonds. The molecule has 3 aromatic rings. The third-order valence-electron chi connectivity index (χ3n) is 4.20. The van der Waals surface area contributed by atoms with Gasteiger partial charge < -0.3 is 5.41 Å². The maximum atomic E-state index is 13.9. The molecule has 0 radical (unpaired) electrons. The molecule has 1 N–H and O–H groups in total. The second-order valence-corrected chi connectivity index (χ2v) is 6.06. The fourth-order valence-electron chi connectivity index (χ4n) is 2.95. The lowest BCUT2D eigenvalue weighted by Crippen LogP contribution is -2.10. The highest BCUT2D eigenvalue weighted by atomic mass is 19.4. The van der Waals surface area contributed by atoms with Gasteiger partial charge in [0.05, 0.1) is 5.56 Å². The van der Waals surface area contributed by atoms with Crippen molar-refractivity contribution in [1.29, 1.82) is 5.41 Å². The molecule has 3 aromatic carbocycles. The minimum absolute atomic E-state index is 0.202. The minimum Gasteiger partial charge on any atom is -0.317 e. The van der Waals surface area contributed by atoms with Gasteiger partial charge in [-0.05, 0) is 60.2 Å². The van der Waals surface area contributed by atoms with Crippen LogP contribution in [0.4, 0.5) is 22.0 Å². The Balaban J connectivity index is 0.00000136. The van der Waals surface area contributed by atoms with Crippen molar-refractivity contribution in [2.75, 3.05) is 0 Å². The number of nitrogens with one attached hydrogen (secondary N) is 1. The van der Waals surface area contributed by atoms with Crippen LogP contribution in [-0.4, -0.2) is 6.72 Å². The van der Waals surface area contributed by atoms with Gasteiger partial charge in [0.2, 0.25) is 0 Å². The molecule has 0 saturated heterocycles. The molecule has 0 aromatic heterocycles. The van der Waals surface area contributed by atoms with Crippen LogP contribution in [0.1, 0.15) is 28.2 Å². The molecule has 146 valence electrons. The van der Waals surface area contributed by atoms with Crippen LogP contribution in [0, 0.1) is 17.0 Å². The van der Waals surface area contributed by atoms with Gasteiger partial charge in [-0.1, -0.05) is 42.5 Å². The maximum absolute atomic E-state index is 13.9. The Hall–Kier alpha value is -3.02. The van der Waals surface area contributed by atoms with Crippen molar-refractivity contribution in [1.82, 2.24) is 0 Å². The summed E-state index contributed by atoms with van der Waals surface area (Å²) in [7, 11) is 0. The highest BCUT2D eigenvalue weighted by molar-refractivity contribution is 5.38. The Morgan fingerprint density at radius 2 is 1.36 bits per heavy atom. The molecule has 0 aliphatic carbocycles. The summed E-state index contributed by atoms with van der Waals surface area (Å²) in [6.45, 7) is 2.50. The predicted molar refractivity (Wildman–Crippen MR) is 99.6 cm³/mol. The zero-order chi connectivity index (χ0) is 20.7. The maximum Gasteiger partial charge on any atom is 0.416 e. The summed E-state index contributed by atoms with van der Waals surface area (Å²) in [5.41, 5.74) is 0.675. The third-order valence-corrected chi connectivity index (χ3v) is 4.20. The van der Waals surface area contributed by atoms with Crippen LogP contribution in [0.3, 0.4) is 0 Å². The van der Waals surface area contributed by atoms with Gasteiger partial charge in [-0.15, -0.1) is 0 Å². The molecule has 1 nitrogen and oxygen atoms in total. The molecule has 0 aliphatic heterocycles. The van der Waals surface area contributed by atoms with Crippen molar-refractivity contribution >= 4 is 6.72 Å². The Bertz CT molecular complexity index is 889. The summed E-state index contributed by atoms with van der Waals surface area (Å²) >= 11 is 0. The summed E-state index contributed by atoms with van der Waals surface area (Å²) in [5.74, 6) is -1.92. The molecule has 0 bridgehead atoms. The lowest BCUT2D eigenvalue weighted by atomic mass is 9.85. The molecule has 28 heavy (non-hydrogen) atoms. The van der Waals surface area contributed by atoms with Crippen LogP contribution in [0.5, 0.6) is 0 Å². The average Bonchev–Trinajstić information content (AvgIpc) is 2.68. The van der Waals surface area contributed by atoms with Crippen molar-refractivity contribution in [2.45, 2.75) is 18.5 Å². The molecule has 0 spiro atoms. The largest absolute Gasteiger partial charge is 0.416 e. The van der Waals surface area contributed by atoms with Crippen molar-refractivity contribution in [3.05, 3.63) is 107 Å². The van der Waals surface area contributed by atoms with Gasteiger partial charge in [0.25, 0.3) is 0 Å². The van der Waals surface area contributed by atoms with Gasteiger partial charge in [-0.3, -0.25) is 0 Å². The standard InChI is InChI=1S/C21H15F5.CH3N/c22-18-8-6-15(7-9-18)20(10-14-4-2-1-3-5-14)16-11-17(21(24,25)26)13-19(23)12-16;1-2/h1-9,11-13,20H,10H2;2H,1H2/t20-;/m1./s1. The van der Waals surface area contributed by atoms with E-state index in [0.717, 1.165) is 17.7 Å². The van der Waals surface area contributed by atoms with E-state index in [4.69, 9.17) is 5.41 Å². The summed E-state index contributed by atoms with van der Waals surface area (Å²) in [6.07, 6.45) is -4.27. The lowest BCUT2D eigenvalue weighted by Gasteiger charge is -2.20. The van der Waals surface area contributed by atoms with Crippen molar-refractivity contribution in [2.24, 2.45) is 0 Å². The molecule has 0 fully saturated rings. The molecule has 3 rings (SSSR count). The number of halogens is 5. The Morgan fingerprint density at radius 1 is 0.750 bits per heavy atom. The van der Waals surface area contributed by atoms with Crippen LogP contribution >= 0.6 is 0 Å². The van der Waals surface area contributed by atoms with Crippen LogP contribution in [0.2, 0.25) is 0 Å². The van der Waals surface area contributed by atoms with Gasteiger partial charge >= 0.3 is 6.18 Å². The van der Waals surface area contributed by atoms with E-state index in [9.17, 15) is 22.0 Å². The topological polar surface area (TPSA) is 23.9 Å². The molecule has 0 unspecified atom stereocenters. The first-order chi connectivity index (χ1) is 13.3. The summed E-state index contributed by atoms with van der Waals surface area (Å²) in [5, 5.41) is 5.50. The SMILES string of the molecule is C=N.Fc1ccc([C@@H](Cc2ccccc2)c2cc(F)cc(C(F)(F)F)c2)cc1. The molecule has 0 heterocycles. The van der Waals surface area contributed by atoms with E-state index in [0.29, 0.717) is 18.1 Å². The zero-order valence-electron chi connectivity index (χ0n) is 14.8. The summed E-state index contributed by atoms with van der Waals surface area (Å²) in [6, 6.07) is 17.2. The number of hydrogen-bond donors (Lipinski definition) is 1. The van der Waals surface area contributed by atoms with Crippen molar-refractivity contribution in [3.63, 3.8) is 0 Å². The number of rotatable bonds is 4. The first-order valence-electron chi connectivity index (χ1n) is 8.35. The Morgan fingerprint density at radius 3 is 1.93 bits per heavy atom. The summed E-state index contributed by atoms with van der Waals surface area (Å²) < 4.78 is 66.4. The van der Waals surface area contributed by atoms with Gasteiger partial charge in [-0.25, -0.2) is 8.78 Å². The minimum atomic E-state index is -4.64. The third kappa shape index (κ3) is 5.49. The molecule has 1 atom stereocenters. The van der Waals surface area contributed by atoms with Gasteiger partial charge in [-0.2, -0.15) is 13.2 Å². The second-order valence-electron chi connectivity index (χ2n) is 6.06. The molecular formula is C22H18F5N. The van der Waals surface area contributed by atoms with Crippen LogP contribution in [-0.2, 0) is 12.6 Å². The van der Waals surface area contributed by atoms with Crippen molar-refractivity contribution < 1.29 is 22.0 Å². The monoisotopic (exact) mass is 391 g/mol. The molecule has 0 saturated carbocycles. The van der Waals surface area contributed by atoms with E-state index in [-0.39, 0.29) is 5.56 Å². The highest BCUT2D eigenvalue weighted by Gasteiger charge is 2.32. The lowest BCUT2D eigenvalue weighted by molar-refractivity contribution is -0.137. The summed E-state index contributed by atoms with van der Waals surface area (Å²) in [4.78, 5) is 0. The van der Waals surface area contributed by atoms with E-state index >= 15 is 0 Å². The van der Waals surface area contributed by atoms with E-state index in [1.54, 1.807) is 0 Å². The smallest absolute Gasteiger partial charge is 0.317 e. The van der Waals surface area contributed by atoms with Gasteiger partial charge in [0.15, 0.2) is 0 Å². The average molecular weight is 391 g/mol. The van der Waals surface area contributed by atoms with Crippen LogP contribution in [0.25, 0.3) is 0 Å². The van der Waals surface area contributed by atoms with Crippen LogP contribution < -0.4 is 0 Å². The Labute approximate surface area is 160 Å². The highest BCUT2D eigenvalue weighted by Crippen LogP contribution is 2.35.